The van der Waals surface area contributed by atoms with Crippen molar-refractivity contribution >= 4 is 11.6 Å². The Morgan fingerprint density at radius 2 is 1.90 bits per heavy atom. The van der Waals surface area contributed by atoms with Gasteiger partial charge in [0.25, 0.3) is 0 Å². The summed E-state index contributed by atoms with van der Waals surface area (Å²) in [5, 5.41) is 0.299. The van der Waals surface area contributed by atoms with Crippen LogP contribution in [0.2, 0.25) is 5.15 Å². The zero-order valence-corrected chi connectivity index (χ0v) is 12.7. The summed E-state index contributed by atoms with van der Waals surface area (Å²) in [4.78, 5) is 8.05. The first-order valence-corrected chi connectivity index (χ1v) is 6.62. The Balaban J connectivity index is 2.41. The molecule has 0 atom stereocenters. The third-order valence-corrected chi connectivity index (χ3v) is 2.97. The first kappa shape index (κ1) is 14.6. The van der Waals surface area contributed by atoms with Gasteiger partial charge in [0.2, 0.25) is 5.88 Å². The molecule has 0 radical (unpaired) electrons. The molecule has 0 bridgehead atoms. The lowest BCUT2D eigenvalue weighted by molar-refractivity contribution is 0.405. The minimum absolute atomic E-state index is 0.0874. The highest BCUT2D eigenvalue weighted by Crippen LogP contribution is 2.36. The number of methoxy groups -OCH3 is 1. The molecule has 2 aromatic rings. The topological polar surface area (TPSA) is 44.2 Å². The molecule has 0 N–H and O–H groups in total. The smallest absolute Gasteiger partial charge is 0.239 e. The lowest BCUT2D eigenvalue weighted by atomic mass is 9.86. The van der Waals surface area contributed by atoms with Crippen molar-refractivity contribution in [1.82, 2.24) is 9.97 Å². The molecule has 0 aliphatic rings. The third kappa shape index (κ3) is 3.39. The summed E-state index contributed by atoms with van der Waals surface area (Å²) in [7, 11) is 1.64. The van der Waals surface area contributed by atoms with Crippen molar-refractivity contribution < 1.29 is 9.47 Å². The van der Waals surface area contributed by atoms with Gasteiger partial charge in [0, 0.05) is 5.56 Å². The standard InChI is InChI=1S/C15H17ClN2O2/c1-15(2,3)11-7-10(19-4)5-6-12(11)20-14-9-17-8-13(16)18-14/h5-9H,1-4H3. The fourth-order valence-electron chi connectivity index (χ4n) is 1.80. The molecule has 2 rings (SSSR count). The van der Waals surface area contributed by atoms with Crippen molar-refractivity contribution in [2.24, 2.45) is 0 Å². The molecule has 4 nitrogen and oxygen atoms in total. The quantitative estimate of drug-likeness (QED) is 0.849. The highest BCUT2D eigenvalue weighted by Gasteiger charge is 2.20. The molecule has 0 saturated carbocycles. The van der Waals surface area contributed by atoms with E-state index in [1.165, 1.54) is 12.4 Å². The number of nitrogens with zero attached hydrogens (tertiary/aromatic N) is 2. The lowest BCUT2D eigenvalue weighted by Gasteiger charge is -2.23. The molecule has 0 saturated heterocycles. The summed E-state index contributed by atoms with van der Waals surface area (Å²) in [6, 6.07) is 5.68. The van der Waals surface area contributed by atoms with Crippen molar-refractivity contribution in [3.05, 3.63) is 41.3 Å². The van der Waals surface area contributed by atoms with Crippen molar-refractivity contribution in [2.75, 3.05) is 7.11 Å². The predicted molar refractivity (Wildman–Crippen MR) is 78.8 cm³/mol. The highest BCUT2D eigenvalue weighted by atomic mass is 35.5. The minimum atomic E-state index is -0.0874. The van der Waals surface area contributed by atoms with Crippen LogP contribution in [0, 0.1) is 0 Å². The van der Waals surface area contributed by atoms with E-state index in [4.69, 9.17) is 21.1 Å². The monoisotopic (exact) mass is 292 g/mol. The fourth-order valence-corrected chi connectivity index (χ4v) is 1.94. The van der Waals surface area contributed by atoms with Gasteiger partial charge in [-0.05, 0) is 23.6 Å². The Bertz CT molecular complexity index is 609. The van der Waals surface area contributed by atoms with Gasteiger partial charge in [-0.25, -0.2) is 0 Å². The molecule has 1 heterocycles. The van der Waals surface area contributed by atoms with E-state index in [-0.39, 0.29) is 5.41 Å². The predicted octanol–water partition coefficient (Wildman–Crippen LogP) is 4.23. The second kappa shape index (κ2) is 5.67. The zero-order valence-electron chi connectivity index (χ0n) is 12.0. The number of aromatic nitrogens is 2. The Labute approximate surface area is 123 Å². The van der Waals surface area contributed by atoms with Crippen LogP contribution in [0.1, 0.15) is 26.3 Å². The summed E-state index contributed by atoms with van der Waals surface area (Å²) >= 11 is 5.81. The Morgan fingerprint density at radius 3 is 2.50 bits per heavy atom. The maximum absolute atomic E-state index is 5.81. The van der Waals surface area contributed by atoms with Gasteiger partial charge in [0.05, 0.1) is 19.5 Å². The Kier molecular flexibility index (Phi) is 4.14. The van der Waals surface area contributed by atoms with Crippen LogP contribution in [0.4, 0.5) is 0 Å². The van der Waals surface area contributed by atoms with E-state index in [9.17, 15) is 0 Å². The van der Waals surface area contributed by atoms with E-state index in [1.807, 2.05) is 18.2 Å². The molecule has 0 aliphatic heterocycles. The zero-order chi connectivity index (χ0) is 14.8. The summed E-state index contributed by atoms with van der Waals surface area (Å²) in [5.74, 6) is 1.88. The van der Waals surface area contributed by atoms with Gasteiger partial charge in [-0.15, -0.1) is 0 Å². The molecule has 20 heavy (non-hydrogen) atoms. The second-order valence-corrected chi connectivity index (χ2v) is 5.78. The number of hydrogen-bond donors (Lipinski definition) is 0. The van der Waals surface area contributed by atoms with Gasteiger partial charge in [-0.3, -0.25) is 4.98 Å². The summed E-state index contributed by atoms with van der Waals surface area (Å²) in [6.45, 7) is 6.33. The number of hydrogen-bond acceptors (Lipinski definition) is 4. The highest BCUT2D eigenvalue weighted by molar-refractivity contribution is 6.29. The molecule has 5 heteroatoms. The van der Waals surface area contributed by atoms with Gasteiger partial charge in [0.15, 0.2) is 5.15 Å². The van der Waals surface area contributed by atoms with Gasteiger partial charge >= 0.3 is 0 Å². The van der Waals surface area contributed by atoms with Crippen molar-refractivity contribution in [3.8, 4) is 17.4 Å². The summed E-state index contributed by atoms with van der Waals surface area (Å²) in [6.07, 6.45) is 3.00. The molecule has 0 unspecified atom stereocenters. The largest absolute Gasteiger partial charge is 0.497 e. The van der Waals surface area contributed by atoms with Gasteiger partial charge in [0.1, 0.15) is 11.5 Å². The van der Waals surface area contributed by atoms with Crippen LogP contribution in [-0.4, -0.2) is 17.1 Å². The molecule has 0 fully saturated rings. The maximum Gasteiger partial charge on any atom is 0.239 e. The lowest BCUT2D eigenvalue weighted by Crippen LogP contribution is -2.13. The van der Waals surface area contributed by atoms with E-state index in [2.05, 4.69) is 30.7 Å². The Morgan fingerprint density at radius 1 is 1.15 bits per heavy atom. The van der Waals surface area contributed by atoms with E-state index in [1.54, 1.807) is 7.11 Å². The van der Waals surface area contributed by atoms with Crippen LogP contribution in [0.5, 0.6) is 17.4 Å². The number of ether oxygens (including phenoxy) is 2. The SMILES string of the molecule is COc1ccc(Oc2cncc(Cl)n2)c(C(C)(C)C)c1. The van der Waals surface area contributed by atoms with Crippen LogP contribution in [-0.2, 0) is 5.41 Å². The molecule has 0 spiro atoms. The molecule has 0 aliphatic carbocycles. The third-order valence-electron chi connectivity index (χ3n) is 2.79. The van der Waals surface area contributed by atoms with Gasteiger partial charge < -0.3 is 9.47 Å². The molecule has 1 aromatic carbocycles. The van der Waals surface area contributed by atoms with Crippen LogP contribution in [0.3, 0.4) is 0 Å². The molecular weight excluding hydrogens is 276 g/mol. The van der Waals surface area contributed by atoms with Gasteiger partial charge in [-0.1, -0.05) is 32.4 Å². The summed E-state index contributed by atoms with van der Waals surface area (Å²) < 4.78 is 11.1. The van der Waals surface area contributed by atoms with Crippen LogP contribution < -0.4 is 9.47 Å². The van der Waals surface area contributed by atoms with Gasteiger partial charge in [-0.2, -0.15) is 4.98 Å². The van der Waals surface area contributed by atoms with Crippen molar-refractivity contribution in [2.45, 2.75) is 26.2 Å². The van der Waals surface area contributed by atoms with E-state index >= 15 is 0 Å². The molecule has 0 amide bonds. The molecular formula is C15H17ClN2O2. The number of halogens is 1. The van der Waals surface area contributed by atoms with Crippen molar-refractivity contribution in [3.63, 3.8) is 0 Å². The van der Waals surface area contributed by atoms with Crippen LogP contribution >= 0.6 is 11.6 Å². The fraction of sp³-hybridized carbons (Fsp3) is 0.333. The first-order valence-electron chi connectivity index (χ1n) is 6.24. The van der Waals surface area contributed by atoms with Crippen LogP contribution in [0.25, 0.3) is 0 Å². The van der Waals surface area contributed by atoms with E-state index in [0.717, 1.165) is 17.1 Å². The van der Waals surface area contributed by atoms with E-state index < -0.39 is 0 Å². The number of rotatable bonds is 3. The second-order valence-electron chi connectivity index (χ2n) is 5.39. The first-order chi connectivity index (χ1) is 9.40. The Hall–Kier alpha value is -1.81. The van der Waals surface area contributed by atoms with Crippen LogP contribution in [0.15, 0.2) is 30.6 Å². The average molecular weight is 293 g/mol. The minimum Gasteiger partial charge on any atom is -0.497 e. The number of benzene rings is 1. The molecule has 106 valence electrons. The maximum atomic E-state index is 5.81. The van der Waals surface area contributed by atoms with Crippen molar-refractivity contribution in [1.29, 1.82) is 0 Å². The molecule has 1 aromatic heterocycles. The normalized spacial score (nSPS) is 11.2. The summed E-state index contributed by atoms with van der Waals surface area (Å²) in [5.41, 5.74) is 0.939. The average Bonchev–Trinajstić information content (AvgIpc) is 2.38. The van der Waals surface area contributed by atoms with E-state index in [0.29, 0.717) is 11.0 Å².